The van der Waals surface area contributed by atoms with Gasteiger partial charge in [-0.1, -0.05) is 12.1 Å². The minimum Gasteiger partial charge on any atom is -0.494 e. The zero-order chi connectivity index (χ0) is 18.7. The number of nitro groups is 1. The lowest BCUT2D eigenvalue weighted by molar-refractivity contribution is -0.384. The molecule has 1 fully saturated rings. The van der Waals surface area contributed by atoms with Gasteiger partial charge in [-0.2, -0.15) is 4.31 Å². The maximum absolute atomic E-state index is 13.0. The summed E-state index contributed by atoms with van der Waals surface area (Å²) in [6.45, 7) is 2.72. The van der Waals surface area contributed by atoms with Crippen molar-refractivity contribution in [3.63, 3.8) is 0 Å². The number of thioether (sulfide) groups is 1. The lowest BCUT2D eigenvalue weighted by Crippen LogP contribution is -2.30. The third-order valence-corrected chi connectivity index (χ3v) is 7.23. The Bertz CT molecular complexity index is 900. The Morgan fingerprint density at radius 1 is 1.27 bits per heavy atom. The quantitative estimate of drug-likeness (QED) is 0.551. The number of sulfonamides is 1. The summed E-state index contributed by atoms with van der Waals surface area (Å²) in [7, 11) is -3.71. The first-order valence-corrected chi connectivity index (χ1v) is 10.5. The smallest absolute Gasteiger partial charge is 0.269 e. The number of nitrogens with zero attached hydrogens (tertiary/aromatic N) is 2. The average molecular weight is 394 g/mol. The molecule has 1 heterocycles. The molecule has 0 saturated carbocycles. The van der Waals surface area contributed by atoms with Crippen molar-refractivity contribution in [2.24, 2.45) is 0 Å². The molecule has 1 saturated heterocycles. The van der Waals surface area contributed by atoms with Crippen LogP contribution in [0.3, 0.4) is 0 Å². The van der Waals surface area contributed by atoms with E-state index in [1.807, 2.05) is 6.92 Å². The van der Waals surface area contributed by atoms with Gasteiger partial charge in [0, 0.05) is 24.4 Å². The zero-order valence-electron chi connectivity index (χ0n) is 14.1. The van der Waals surface area contributed by atoms with Crippen molar-refractivity contribution in [1.29, 1.82) is 0 Å². The fourth-order valence-corrected chi connectivity index (χ4v) is 6.00. The number of non-ortho nitro benzene ring substituents is 1. The van der Waals surface area contributed by atoms with Gasteiger partial charge in [0.15, 0.2) is 0 Å². The van der Waals surface area contributed by atoms with Crippen LogP contribution in [0.15, 0.2) is 53.4 Å². The normalized spacial score (nSPS) is 18.0. The SMILES string of the molecule is CCOc1ccc(S(=O)(=O)N2CCS[C@H]2c2cccc([N+](=O)[O-])c2)cc1. The van der Waals surface area contributed by atoms with E-state index in [-0.39, 0.29) is 10.6 Å². The van der Waals surface area contributed by atoms with Gasteiger partial charge in [-0.25, -0.2) is 8.42 Å². The summed E-state index contributed by atoms with van der Waals surface area (Å²) in [5, 5.41) is 10.5. The molecule has 0 aliphatic carbocycles. The van der Waals surface area contributed by atoms with Crippen LogP contribution in [0.25, 0.3) is 0 Å². The van der Waals surface area contributed by atoms with E-state index in [1.165, 1.54) is 40.3 Å². The molecule has 2 aromatic rings. The lowest BCUT2D eigenvalue weighted by Gasteiger charge is -2.23. The molecule has 0 unspecified atom stereocenters. The van der Waals surface area contributed by atoms with Gasteiger partial charge in [-0.05, 0) is 36.8 Å². The van der Waals surface area contributed by atoms with Gasteiger partial charge < -0.3 is 4.74 Å². The van der Waals surface area contributed by atoms with Crippen LogP contribution in [0.2, 0.25) is 0 Å². The second kappa shape index (κ2) is 7.65. The van der Waals surface area contributed by atoms with Crippen molar-refractivity contribution in [2.45, 2.75) is 17.2 Å². The predicted octanol–water partition coefficient (Wildman–Crippen LogP) is 3.43. The Morgan fingerprint density at radius 3 is 2.65 bits per heavy atom. The van der Waals surface area contributed by atoms with Crippen LogP contribution in [0, 0.1) is 10.1 Å². The van der Waals surface area contributed by atoms with Gasteiger partial charge in [0.25, 0.3) is 5.69 Å². The summed E-state index contributed by atoms with van der Waals surface area (Å²) in [6.07, 6.45) is 0. The van der Waals surface area contributed by atoms with Gasteiger partial charge in [0.1, 0.15) is 5.75 Å². The van der Waals surface area contributed by atoms with E-state index in [4.69, 9.17) is 4.74 Å². The second-order valence-corrected chi connectivity index (χ2v) is 8.67. The molecule has 7 nitrogen and oxygen atoms in total. The standard InChI is InChI=1S/C17H18N2O5S2/c1-2-24-15-6-8-16(9-7-15)26(22,23)18-10-11-25-17(18)13-4-3-5-14(12-13)19(20)21/h3-9,12,17H,2,10-11H2,1H3/t17-/m0/s1. The Balaban J connectivity index is 1.91. The summed E-state index contributed by atoms with van der Waals surface area (Å²) < 4.78 is 32.8. The first-order valence-electron chi connectivity index (χ1n) is 8.04. The summed E-state index contributed by atoms with van der Waals surface area (Å²) in [4.78, 5) is 10.7. The molecule has 0 N–H and O–H groups in total. The molecule has 0 aromatic heterocycles. The van der Waals surface area contributed by atoms with E-state index in [0.29, 0.717) is 30.2 Å². The molecular weight excluding hydrogens is 376 g/mol. The average Bonchev–Trinajstić information content (AvgIpc) is 3.13. The van der Waals surface area contributed by atoms with E-state index in [9.17, 15) is 18.5 Å². The molecule has 0 radical (unpaired) electrons. The number of ether oxygens (including phenoxy) is 1. The van der Waals surface area contributed by atoms with Crippen LogP contribution in [-0.4, -0.2) is 36.6 Å². The number of hydrogen-bond acceptors (Lipinski definition) is 6. The number of hydrogen-bond donors (Lipinski definition) is 0. The Hall–Kier alpha value is -2.10. The third-order valence-electron chi connectivity index (χ3n) is 3.96. The van der Waals surface area contributed by atoms with Gasteiger partial charge in [-0.15, -0.1) is 11.8 Å². The molecule has 9 heteroatoms. The third kappa shape index (κ3) is 3.69. The van der Waals surface area contributed by atoms with Crippen molar-refractivity contribution < 1.29 is 18.1 Å². The van der Waals surface area contributed by atoms with E-state index in [0.717, 1.165) is 0 Å². The summed E-state index contributed by atoms with van der Waals surface area (Å²) >= 11 is 1.46. The molecule has 1 aliphatic heterocycles. The van der Waals surface area contributed by atoms with Crippen LogP contribution in [0.4, 0.5) is 5.69 Å². The number of nitro benzene ring substituents is 1. The molecule has 2 aromatic carbocycles. The monoisotopic (exact) mass is 394 g/mol. The highest BCUT2D eigenvalue weighted by Crippen LogP contribution is 2.42. The molecule has 0 spiro atoms. The van der Waals surface area contributed by atoms with Crippen LogP contribution in [0.5, 0.6) is 5.75 Å². The molecule has 26 heavy (non-hydrogen) atoms. The van der Waals surface area contributed by atoms with Crippen LogP contribution < -0.4 is 4.74 Å². The van der Waals surface area contributed by atoms with Crippen LogP contribution >= 0.6 is 11.8 Å². The van der Waals surface area contributed by atoms with E-state index in [1.54, 1.807) is 24.3 Å². The Kier molecular flexibility index (Phi) is 5.49. The molecule has 138 valence electrons. The second-order valence-electron chi connectivity index (χ2n) is 5.60. The van der Waals surface area contributed by atoms with Gasteiger partial charge in [0.2, 0.25) is 10.0 Å². The first-order chi connectivity index (χ1) is 12.4. The molecular formula is C17H18N2O5S2. The van der Waals surface area contributed by atoms with E-state index >= 15 is 0 Å². The molecule has 1 atom stereocenters. The van der Waals surface area contributed by atoms with Gasteiger partial charge >= 0.3 is 0 Å². The highest BCUT2D eigenvalue weighted by Gasteiger charge is 2.37. The highest BCUT2D eigenvalue weighted by molar-refractivity contribution is 8.01. The van der Waals surface area contributed by atoms with E-state index in [2.05, 4.69) is 0 Å². The largest absolute Gasteiger partial charge is 0.494 e. The fraction of sp³-hybridized carbons (Fsp3) is 0.294. The van der Waals surface area contributed by atoms with Crippen molar-refractivity contribution in [1.82, 2.24) is 4.31 Å². The summed E-state index contributed by atoms with van der Waals surface area (Å²) in [6, 6.07) is 12.4. The topological polar surface area (TPSA) is 89.8 Å². The lowest BCUT2D eigenvalue weighted by atomic mass is 10.2. The Labute approximate surface area is 156 Å². The highest BCUT2D eigenvalue weighted by atomic mass is 32.2. The maximum Gasteiger partial charge on any atom is 0.269 e. The number of benzene rings is 2. The van der Waals surface area contributed by atoms with Crippen molar-refractivity contribution in [2.75, 3.05) is 18.9 Å². The number of rotatable bonds is 6. The minimum absolute atomic E-state index is 0.0478. The molecule has 1 aliphatic rings. The fourth-order valence-electron chi connectivity index (χ4n) is 2.77. The minimum atomic E-state index is -3.71. The van der Waals surface area contributed by atoms with Crippen molar-refractivity contribution in [3.8, 4) is 5.75 Å². The summed E-state index contributed by atoms with van der Waals surface area (Å²) in [5.74, 6) is 1.24. The first kappa shape index (κ1) is 18.7. The molecule has 0 bridgehead atoms. The molecule has 3 rings (SSSR count). The zero-order valence-corrected chi connectivity index (χ0v) is 15.7. The van der Waals surface area contributed by atoms with Crippen LogP contribution in [-0.2, 0) is 10.0 Å². The van der Waals surface area contributed by atoms with Gasteiger partial charge in [-0.3, -0.25) is 10.1 Å². The maximum atomic E-state index is 13.0. The van der Waals surface area contributed by atoms with Crippen molar-refractivity contribution >= 4 is 27.5 Å². The Morgan fingerprint density at radius 2 is 2.00 bits per heavy atom. The molecule has 0 amide bonds. The van der Waals surface area contributed by atoms with E-state index < -0.39 is 20.3 Å². The van der Waals surface area contributed by atoms with Crippen LogP contribution in [0.1, 0.15) is 17.9 Å². The van der Waals surface area contributed by atoms with Gasteiger partial charge in [0.05, 0.1) is 21.8 Å². The van der Waals surface area contributed by atoms with Crippen molar-refractivity contribution in [3.05, 3.63) is 64.2 Å². The summed E-state index contributed by atoms with van der Waals surface area (Å²) in [5.41, 5.74) is 0.560. The predicted molar refractivity (Wildman–Crippen MR) is 99.8 cm³/mol.